The highest BCUT2D eigenvalue weighted by molar-refractivity contribution is 5.28. The summed E-state index contributed by atoms with van der Waals surface area (Å²) in [6.45, 7) is 10.0. The van der Waals surface area contributed by atoms with Gasteiger partial charge < -0.3 is 14.8 Å². The number of unbranched alkanes of at least 4 members (excludes halogenated alkanes) is 1. The van der Waals surface area contributed by atoms with E-state index in [1.807, 2.05) is 0 Å². The molecule has 0 aliphatic heterocycles. The lowest BCUT2D eigenvalue weighted by atomic mass is 10.1. The van der Waals surface area contributed by atoms with Gasteiger partial charge >= 0.3 is 0 Å². The summed E-state index contributed by atoms with van der Waals surface area (Å²) in [5.74, 6) is 0.956. The smallest absolute Gasteiger partial charge is 0.119 e. The van der Waals surface area contributed by atoms with Gasteiger partial charge in [-0.1, -0.05) is 32.4 Å². The molecule has 0 aliphatic rings. The number of rotatable bonds is 12. The summed E-state index contributed by atoms with van der Waals surface area (Å²) in [6.07, 6.45) is 4.47. The standard InChI is InChI=1S/C18H31NO2/c1-4-6-14-20-15-7-12-19-16(3)17-8-10-18(11-9-17)21-13-5-2/h8-11,16,19H,4-7,12-15H2,1-3H3. The molecule has 0 saturated heterocycles. The average Bonchev–Trinajstić information content (AvgIpc) is 2.52. The van der Waals surface area contributed by atoms with Gasteiger partial charge in [-0.15, -0.1) is 0 Å². The second kappa shape index (κ2) is 11.6. The van der Waals surface area contributed by atoms with Crippen LogP contribution in [0.2, 0.25) is 0 Å². The highest BCUT2D eigenvalue weighted by Gasteiger charge is 2.04. The fourth-order valence-electron chi connectivity index (χ4n) is 2.03. The van der Waals surface area contributed by atoms with Crippen LogP contribution in [0.3, 0.4) is 0 Å². The van der Waals surface area contributed by atoms with Crippen molar-refractivity contribution in [3.05, 3.63) is 29.8 Å². The van der Waals surface area contributed by atoms with E-state index in [4.69, 9.17) is 9.47 Å². The molecule has 0 amide bonds. The first-order valence-corrected chi connectivity index (χ1v) is 8.31. The Morgan fingerprint density at radius 2 is 1.67 bits per heavy atom. The summed E-state index contributed by atoms with van der Waals surface area (Å²) in [7, 11) is 0. The summed E-state index contributed by atoms with van der Waals surface area (Å²) in [5, 5.41) is 3.53. The molecule has 1 atom stereocenters. The summed E-state index contributed by atoms with van der Waals surface area (Å²) in [6, 6.07) is 8.75. The molecule has 1 rings (SSSR count). The van der Waals surface area contributed by atoms with E-state index >= 15 is 0 Å². The van der Waals surface area contributed by atoms with Crippen LogP contribution >= 0.6 is 0 Å². The second-order valence-corrected chi connectivity index (χ2v) is 5.41. The van der Waals surface area contributed by atoms with E-state index in [0.29, 0.717) is 6.04 Å². The van der Waals surface area contributed by atoms with Crippen LogP contribution in [0.4, 0.5) is 0 Å². The Labute approximate surface area is 130 Å². The van der Waals surface area contributed by atoms with Crippen LogP contribution in [0.25, 0.3) is 0 Å². The molecule has 0 aromatic heterocycles. The van der Waals surface area contributed by atoms with Crippen LogP contribution in [-0.4, -0.2) is 26.4 Å². The molecular weight excluding hydrogens is 262 g/mol. The summed E-state index contributed by atoms with van der Waals surface area (Å²) in [5.41, 5.74) is 1.30. The molecule has 0 aliphatic carbocycles. The SMILES string of the molecule is CCCCOCCCNC(C)c1ccc(OCCC)cc1. The minimum Gasteiger partial charge on any atom is -0.494 e. The van der Waals surface area contributed by atoms with Gasteiger partial charge in [0, 0.05) is 19.3 Å². The van der Waals surface area contributed by atoms with Gasteiger partial charge in [0.05, 0.1) is 6.61 Å². The number of ether oxygens (including phenoxy) is 2. The van der Waals surface area contributed by atoms with Crippen molar-refractivity contribution in [2.24, 2.45) is 0 Å². The first-order chi connectivity index (χ1) is 10.3. The van der Waals surface area contributed by atoms with E-state index in [2.05, 4.69) is 50.4 Å². The first-order valence-electron chi connectivity index (χ1n) is 8.31. The molecule has 0 radical (unpaired) electrons. The minimum atomic E-state index is 0.362. The van der Waals surface area contributed by atoms with E-state index in [9.17, 15) is 0 Å². The van der Waals surface area contributed by atoms with Gasteiger partial charge in [-0.3, -0.25) is 0 Å². The summed E-state index contributed by atoms with van der Waals surface area (Å²) in [4.78, 5) is 0. The quantitative estimate of drug-likeness (QED) is 0.582. The van der Waals surface area contributed by atoms with Crippen molar-refractivity contribution >= 4 is 0 Å². The van der Waals surface area contributed by atoms with Gasteiger partial charge in [0.25, 0.3) is 0 Å². The van der Waals surface area contributed by atoms with Crippen LogP contribution in [0.5, 0.6) is 5.75 Å². The maximum absolute atomic E-state index is 5.60. The van der Waals surface area contributed by atoms with Crippen molar-refractivity contribution in [1.82, 2.24) is 5.32 Å². The molecule has 0 saturated carbocycles. The van der Waals surface area contributed by atoms with Crippen molar-refractivity contribution in [3.8, 4) is 5.75 Å². The van der Waals surface area contributed by atoms with Gasteiger partial charge in [-0.25, -0.2) is 0 Å². The molecule has 120 valence electrons. The predicted octanol–water partition coefficient (Wildman–Crippen LogP) is 4.33. The average molecular weight is 293 g/mol. The first kappa shape index (κ1) is 18.0. The zero-order valence-corrected chi connectivity index (χ0v) is 13.9. The van der Waals surface area contributed by atoms with Crippen molar-refractivity contribution in [1.29, 1.82) is 0 Å². The Bertz CT molecular complexity index is 351. The maximum atomic E-state index is 5.60. The van der Waals surface area contributed by atoms with Crippen LogP contribution < -0.4 is 10.1 Å². The van der Waals surface area contributed by atoms with Crippen LogP contribution in [-0.2, 0) is 4.74 Å². The molecule has 21 heavy (non-hydrogen) atoms. The number of hydrogen-bond donors (Lipinski definition) is 1. The van der Waals surface area contributed by atoms with Crippen molar-refractivity contribution in [2.75, 3.05) is 26.4 Å². The molecule has 3 nitrogen and oxygen atoms in total. The molecule has 3 heteroatoms. The van der Waals surface area contributed by atoms with E-state index in [1.54, 1.807) is 0 Å². The van der Waals surface area contributed by atoms with Crippen molar-refractivity contribution in [3.63, 3.8) is 0 Å². The van der Waals surface area contributed by atoms with Crippen LogP contribution in [0, 0.1) is 0 Å². The molecule has 0 spiro atoms. The fourth-order valence-corrected chi connectivity index (χ4v) is 2.03. The third-order valence-corrected chi connectivity index (χ3v) is 3.41. The third-order valence-electron chi connectivity index (χ3n) is 3.41. The van der Waals surface area contributed by atoms with Gasteiger partial charge in [-0.2, -0.15) is 0 Å². The highest BCUT2D eigenvalue weighted by atomic mass is 16.5. The largest absolute Gasteiger partial charge is 0.494 e. The van der Waals surface area contributed by atoms with Crippen molar-refractivity contribution in [2.45, 2.75) is 52.5 Å². The Balaban J connectivity index is 2.17. The van der Waals surface area contributed by atoms with Gasteiger partial charge in [0.1, 0.15) is 5.75 Å². The lowest BCUT2D eigenvalue weighted by molar-refractivity contribution is 0.128. The predicted molar refractivity (Wildman–Crippen MR) is 89.0 cm³/mol. The number of benzene rings is 1. The maximum Gasteiger partial charge on any atom is 0.119 e. The monoisotopic (exact) mass is 293 g/mol. The Morgan fingerprint density at radius 3 is 2.33 bits per heavy atom. The fraction of sp³-hybridized carbons (Fsp3) is 0.667. The Hall–Kier alpha value is -1.06. The lowest BCUT2D eigenvalue weighted by Crippen LogP contribution is -2.21. The van der Waals surface area contributed by atoms with Crippen LogP contribution in [0.1, 0.15) is 58.1 Å². The topological polar surface area (TPSA) is 30.5 Å². The van der Waals surface area contributed by atoms with E-state index in [-0.39, 0.29) is 0 Å². The second-order valence-electron chi connectivity index (χ2n) is 5.41. The molecular formula is C18H31NO2. The molecule has 0 heterocycles. The lowest BCUT2D eigenvalue weighted by Gasteiger charge is -2.15. The molecule has 1 aromatic rings. The Kier molecular flexibility index (Phi) is 9.92. The molecule has 0 fully saturated rings. The van der Waals surface area contributed by atoms with Gasteiger partial charge in [0.2, 0.25) is 0 Å². The van der Waals surface area contributed by atoms with Gasteiger partial charge in [-0.05, 0) is 50.4 Å². The normalized spacial score (nSPS) is 12.3. The molecule has 1 aromatic carbocycles. The van der Waals surface area contributed by atoms with E-state index in [0.717, 1.165) is 51.4 Å². The number of nitrogens with one attached hydrogen (secondary N) is 1. The van der Waals surface area contributed by atoms with Crippen molar-refractivity contribution < 1.29 is 9.47 Å². The summed E-state index contributed by atoms with van der Waals surface area (Å²) >= 11 is 0. The molecule has 1 unspecified atom stereocenters. The van der Waals surface area contributed by atoms with Crippen LogP contribution in [0.15, 0.2) is 24.3 Å². The zero-order valence-electron chi connectivity index (χ0n) is 13.9. The van der Waals surface area contributed by atoms with E-state index < -0.39 is 0 Å². The minimum absolute atomic E-state index is 0.362. The number of hydrogen-bond acceptors (Lipinski definition) is 3. The summed E-state index contributed by atoms with van der Waals surface area (Å²) < 4.78 is 11.2. The molecule has 1 N–H and O–H groups in total. The third kappa shape index (κ3) is 8.08. The van der Waals surface area contributed by atoms with E-state index in [1.165, 1.54) is 12.0 Å². The molecule has 0 bridgehead atoms. The Morgan fingerprint density at radius 1 is 0.952 bits per heavy atom. The van der Waals surface area contributed by atoms with Gasteiger partial charge in [0.15, 0.2) is 0 Å². The highest BCUT2D eigenvalue weighted by Crippen LogP contribution is 2.17. The zero-order chi connectivity index (χ0) is 15.3.